The van der Waals surface area contributed by atoms with Crippen LogP contribution in [0.3, 0.4) is 0 Å². The fourth-order valence-corrected chi connectivity index (χ4v) is 7.28. The molecule has 1 aliphatic heterocycles. The van der Waals surface area contributed by atoms with Crippen molar-refractivity contribution in [1.82, 2.24) is 4.90 Å². The van der Waals surface area contributed by atoms with E-state index in [1.807, 2.05) is 48.5 Å². The number of ether oxygens (including phenoxy) is 1. The van der Waals surface area contributed by atoms with Crippen LogP contribution in [-0.4, -0.2) is 29.2 Å². The molecule has 1 fully saturated rings. The van der Waals surface area contributed by atoms with Crippen molar-refractivity contribution in [3.63, 3.8) is 0 Å². The molecule has 0 spiro atoms. The van der Waals surface area contributed by atoms with Crippen LogP contribution in [0.4, 0.5) is 0 Å². The highest BCUT2D eigenvalue weighted by atomic mass is 35.5. The van der Waals surface area contributed by atoms with Crippen molar-refractivity contribution in [2.24, 2.45) is 11.8 Å². The molecule has 2 bridgehead atoms. The van der Waals surface area contributed by atoms with Gasteiger partial charge in [0.1, 0.15) is 16.4 Å². The Hall–Kier alpha value is -2.86. The second-order valence-corrected chi connectivity index (χ2v) is 10.9. The summed E-state index contributed by atoms with van der Waals surface area (Å²) in [6.07, 6.45) is -0.147. The number of hydrogen-bond acceptors (Lipinski definition) is 4. The number of hydrogen-bond donors (Lipinski definition) is 0. The highest BCUT2D eigenvalue weighted by Gasteiger charge is 2.72. The summed E-state index contributed by atoms with van der Waals surface area (Å²) >= 11 is 20.9. The normalized spacial score (nSPS) is 27.5. The van der Waals surface area contributed by atoms with Crippen molar-refractivity contribution < 1.29 is 19.1 Å². The lowest BCUT2D eigenvalue weighted by molar-refractivity contribution is -0.146. The van der Waals surface area contributed by atoms with E-state index in [1.54, 1.807) is 24.3 Å². The van der Waals surface area contributed by atoms with Crippen LogP contribution in [0.25, 0.3) is 0 Å². The zero-order valence-corrected chi connectivity index (χ0v) is 21.2. The lowest BCUT2D eigenvalue weighted by Crippen LogP contribution is -2.57. The number of amides is 2. The Morgan fingerprint density at radius 2 is 1.22 bits per heavy atom. The summed E-state index contributed by atoms with van der Waals surface area (Å²) in [5.41, 5.74) is 3.63. The molecule has 1 heterocycles. The van der Waals surface area contributed by atoms with Gasteiger partial charge in [0.05, 0.1) is 18.3 Å². The molecule has 0 unspecified atom stereocenters. The molecule has 2 atom stereocenters. The fourth-order valence-electron chi connectivity index (χ4n) is 5.99. The second kappa shape index (κ2) is 8.34. The molecule has 182 valence electrons. The van der Waals surface area contributed by atoms with Crippen LogP contribution < -0.4 is 0 Å². The van der Waals surface area contributed by atoms with Crippen LogP contribution >= 0.6 is 34.8 Å². The average molecular weight is 541 g/mol. The van der Waals surface area contributed by atoms with Crippen molar-refractivity contribution in [2.45, 2.75) is 22.8 Å². The third kappa shape index (κ3) is 3.06. The van der Waals surface area contributed by atoms with E-state index in [-0.39, 0.29) is 19.6 Å². The topological polar surface area (TPSA) is 63.7 Å². The first-order valence-electron chi connectivity index (χ1n) is 11.6. The number of imide groups is 1. The summed E-state index contributed by atoms with van der Waals surface area (Å²) in [6.45, 7) is -0.107. The minimum absolute atomic E-state index is 0.00580. The third-order valence-corrected chi connectivity index (χ3v) is 9.22. The van der Waals surface area contributed by atoms with E-state index in [1.165, 1.54) is 0 Å². The molecule has 3 aromatic carbocycles. The van der Waals surface area contributed by atoms with Gasteiger partial charge in [-0.3, -0.25) is 19.3 Å². The number of halogens is 3. The Morgan fingerprint density at radius 3 is 1.69 bits per heavy atom. The van der Waals surface area contributed by atoms with Gasteiger partial charge in [-0.05, 0) is 28.3 Å². The summed E-state index contributed by atoms with van der Waals surface area (Å²) in [5, 5.41) is 0.494. The molecule has 36 heavy (non-hydrogen) atoms. The fraction of sp³-hybridized carbons (Fsp3) is 0.250. The van der Waals surface area contributed by atoms with Crippen molar-refractivity contribution in [3.05, 3.63) is 106 Å². The molecule has 7 rings (SSSR count). The number of nitrogens with zero attached hydrogens (tertiary/aromatic N) is 1. The van der Waals surface area contributed by atoms with E-state index < -0.39 is 39.4 Å². The van der Waals surface area contributed by atoms with Crippen LogP contribution in [0.5, 0.6) is 0 Å². The Bertz CT molecular complexity index is 1320. The molecule has 1 saturated heterocycles. The quantitative estimate of drug-likeness (QED) is 0.248. The van der Waals surface area contributed by atoms with Gasteiger partial charge >= 0.3 is 5.97 Å². The number of likely N-dealkylation sites (tertiary alicyclic amines) is 1. The predicted molar refractivity (Wildman–Crippen MR) is 136 cm³/mol. The highest BCUT2D eigenvalue weighted by molar-refractivity contribution is 6.36. The lowest BCUT2D eigenvalue weighted by Gasteiger charge is -2.54. The summed E-state index contributed by atoms with van der Waals surface area (Å²) in [5.74, 6) is -3.15. The Balaban J connectivity index is 1.29. The number of rotatable bonds is 5. The van der Waals surface area contributed by atoms with Gasteiger partial charge in [-0.15, -0.1) is 23.2 Å². The monoisotopic (exact) mass is 539 g/mol. The van der Waals surface area contributed by atoms with Gasteiger partial charge in [0.25, 0.3) is 0 Å². The van der Waals surface area contributed by atoms with Gasteiger partial charge in [-0.2, -0.15) is 0 Å². The van der Waals surface area contributed by atoms with Crippen LogP contribution in [0.2, 0.25) is 5.02 Å². The molecule has 3 aliphatic carbocycles. The Morgan fingerprint density at radius 1 is 0.778 bits per heavy atom. The summed E-state index contributed by atoms with van der Waals surface area (Å²) in [6, 6.07) is 22.0. The molecule has 8 heteroatoms. The van der Waals surface area contributed by atoms with Gasteiger partial charge in [0, 0.05) is 17.1 Å². The second-order valence-electron chi connectivity index (χ2n) is 9.30. The van der Waals surface area contributed by atoms with E-state index in [0.717, 1.165) is 27.2 Å². The summed E-state index contributed by atoms with van der Waals surface area (Å²) in [4.78, 5) is 38.6. The largest absolute Gasteiger partial charge is 0.461 e. The third-order valence-electron chi connectivity index (χ3n) is 7.56. The van der Waals surface area contributed by atoms with Crippen molar-refractivity contribution >= 4 is 52.6 Å². The minimum atomic E-state index is -1.24. The molecule has 0 saturated carbocycles. The molecule has 5 nitrogen and oxygen atoms in total. The molecular weight excluding hydrogens is 521 g/mol. The first-order valence-corrected chi connectivity index (χ1v) is 12.7. The summed E-state index contributed by atoms with van der Waals surface area (Å²) in [7, 11) is 0. The number of carbonyl (C=O) groups excluding carboxylic acids is 3. The SMILES string of the molecule is O=C(CCN1C(=O)[C@H]2[C@H](C1=O)C1(Cl)c3ccccc3C2(Cl)c2ccccc21)OCc1ccccc1Cl. The maximum absolute atomic E-state index is 13.7. The molecule has 0 aromatic heterocycles. The van der Waals surface area contributed by atoms with Crippen LogP contribution in [0.15, 0.2) is 72.8 Å². The lowest BCUT2D eigenvalue weighted by atomic mass is 9.54. The molecular formula is C28H20Cl3NO4. The molecule has 0 N–H and O–H groups in total. The van der Waals surface area contributed by atoms with Crippen LogP contribution in [0, 0.1) is 11.8 Å². The zero-order valence-electron chi connectivity index (χ0n) is 18.9. The first-order chi connectivity index (χ1) is 17.3. The molecule has 3 aromatic rings. The first kappa shape index (κ1) is 23.5. The van der Waals surface area contributed by atoms with Crippen molar-refractivity contribution in [3.8, 4) is 0 Å². The van der Waals surface area contributed by atoms with Gasteiger partial charge < -0.3 is 4.74 Å². The molecule has 2 amide bonds. The Labute approximate surface area is 222 Å². The van der Waals surface area contributed by atoms with Crippen molar-refractivity contribution in [1.29, 1.82) is 0 Å². The summed E-state index contributed by atoms with van der Waals surface area (Å²) < 4.78 is 5.33. The van der Waals surface area contributed by atoms with Crippen LogP contribution in [0.1, 0.15) is 34.2 Å². The van der Waals surface area contributed by atoms with E-state index >= 15 is 0 Å². The smallest absolute Gasteiger partial charge is 0.307 e. The van der Waals surface area contributed by atoms with E-state index in [4.69, 9.17) is 39.5 Å². The van der Waals surface area contributed by atoms with Crippen LogP contribution in [-0.2, 0) is 35.5 Å². The number of carbonyl (C=O) groups is 3. The highest BCUT2D eigenvalue weighted by Crippen LogP contribution is 2.69. The average Bonchev–Trinajstić information content (AvgIpc) is 3.16. The molecule has 0 radical (unpaired) electrons. The number of benzene rings is 3. The van der Waals surface area contributed by atoms with E-state index in [9.17, 15) is 14.4 Å². The van der Waals surface area contributed by atoms with E-state index in [2.05, 4.69) is 0 Å². The predicted octanol–water partition coefficient (Wildman–Crippen LogP) is 5.37. The minimum Gasteiger partial charge on any atom is -0.461 e. The van der Waals surface area contributed by atoms with E-state index in [0.29, 0.717) is 10.6 Å². The molecule has 4 aliphatic rings. The Kier molecular flexibility index (Phi) is 5.45. The number of esters is 1. The van der Waals surface area contributed by atoms with Gasteiger partial charge in [0.2, 0.25) is 11.8 Å². The zero-order chi connectivity index (χ0) is 25.2. The number of alkyl halides is 2. The maximum atomic E-state index is 13.7. The maximum Gasteiger partial charge on any atom is 0.307 e. The van der Waals surface area contributed by atoms with Gasteiger partial charge in [-0.25, -0.2) is 0 Å². The van der Waals surface area contributed by atoms with Gasteiger partial charge in [-0.1, -0.05) is 78.3 Å². The standard InChI is InChI=1S/C28H20Cl3NO4/c29-21-12-6-1-7-16(21)15-36-22(33)13-14-32-25(34)23-24(26(32)35)28(31)18-9-3-2-8-17(18)27(23,30)19-10-4-5-11-20(19)28/h1-12,23-24H,13-15H2/t23-,24-,27?,28?/m1/s1. The van der Waals surface area contributed by atoms with Crippen molar-refractivity contribution in [2.75, 3.05) is 6.54 Å². The van der Waals surface area contributed by atoms with Gasteiger partial charge in [0.15, 0.2) is 0 Å².